The van der Waals surface area contributed by atoms with Gasteiger partial charge in [-0.25, -0.2) is 9.68 Å². The fourth-order valence-corrected chi connectivity index (χ4v) is 3.85. The van der Waals surface area contributed by atoms with E-state index in [2.05, 4.69) is 16.8 Å². The van der Waals surface area contributed by atoms with Crippen molar-refractivity contribution in [2.45, 2.75) is 129 Å². The molecule has 0 N–H and O–H groups in total. The normalized spacial score (nSPS) is 11.5. The molecule has 1 aromatic carbocycles. The molecule has 0 heterocycles. The number of benzene rings is 1. The lowest BCUT2D eigenvalue weighted by atomic mass is 9.99. The molecule has 0 spiro atoms. The maximum absolute atomic E-state index is 11.6. The molecule has 0 unspecified atom stereocenters. The third kappa shape index (κ3) is 16.6. The van der Waals surface area contributed by atoms with Gasteiger partial charge in [0.05, 0.1) is 6.61 Å². The Labute approximate surface area is 202 Å². The number of ether oxygens (including phenoxy) is 1. The van der Waals surface area contributed by atoms with Crippen LogP contribution in [0.5, 0.6) is 0 Å². The van der Waals surface area contributed by atoms with Crippen molar-refractivity contribution in [1.82, 2.24) is 0 Å². The van der Waals surface area contributed by atoms with E-state index < -0.39 is 11.8 Å². The number of hydrogen-bond acceptors (Lipinski definition) is 5. The first kappa shape index (κ1) is 29.4. The molecule has 0 aromatic heterocycles. The summed E-state index contributed by atoms with van der Waals surface area (Å²) in [5.41, 5.74) is 0.172. The van der Waals surface area contributed by atoms with Crippen LogP contribution in [0.25, 0.3) is 0 Å². The number of carbonyl (C=O) groups is 1. The fraction of sp³-hybridized carbons (Fsp3) is 0.750. The molecule has 1 rings (SSSR count). The van der Waals surface area contributed by atoms with Gasteiger partial charge < -0.3 is 4.74 Å². The number of unbranched alkanes of at least 4 members (excludes halogenated alkanes) is 15. The molecular formula is C28H48O5. The van der Waals surface area contributed by atoms with Crippen molar-refractivity contribution in [1.29, 1.82) is 0 Å². The largest absolute Gasteiger partial charge is 0.542 e. The zero-order valence-electron chi connectivity index (χ0n) is 21.4. The molecule has 0 aliphatic rings. The van der Waals surface area contributed by atoms with E-state index in [9.17, 15) is 4.79 Å². The lowest BCUT2D eigenvalue weighted by Gasteiger charge is -2.22. The van der Waals surface area contributed by atoms with E-state index in [0.717, 1.165) is 18.4 Å². The molecule has 1 aromatic rings. The molecule has 190 valence electrons. The van der Waals surface area contributed by atoms with Crippen LogP contribution >= 0.6 is 0 Å². The van der Waals surface area contributed by atoms with Crippen LogP contribution in [0.2, 0.25) is 0 Å². The van der Waals surface area contributed by atoms with E-state index in [0.29, 0.717) is 6.61 Å². The third-order valence-electron chi connectivity index (χ3n) is 6.03. The highest BCUT2D eigenvalue weighted by molar-refractivity contribution is 5.58. The van der Waals surface area contributed by atoms with E-state index in [1.165, 1.54) is 89.9 Å². The van der Waals surface area contributed by atoms with Crippen molar-refractivity contribution < 1.29 is 24.3 Å². The van der Waals surface area contributed by atoms with Gasteiger partial charge in [0.1, 0.15) is 5.60 Å². The Balaban J connectivity index is 1.83. The van der Waals surface area contributed by atoms with E-state index in [-0.39, 0.29) is 0 Å². The smallest absolute Gasteiger partial charge is 0.432 e. The van der Waals surface area contributed by atoms with Crippen molar-refractivity contribution in [2.75, 3.05) is 6.61 Å². The second-order valence-electron chi connectivity index (χ2n) is 9.51. The van der Waals surface area contributed by atoms with E-state index >= 15 is 0 Å². The molecule has 0 bridgehead atoms. The molecule has 0 radical (unpaired) electrons. The highest BCUT2D eigenvalue weighted by atomic mass is 17.5. The minimum atomic E-state index is -0.875. The lowest BCUT2D eigenvalue weighted by Crippen LogP contribution is -2.23. The molecule has 0 fully saturated rings. The zero-order valence-corrected chi connectivity index (χ0v) is 21.4. The second kappa shape index (κ2) is 19.8. The van der Waals surface area contributed by atoms with E-state index in [1.54, 1.807) is 0 Å². The van der Waals surface area contributed by atoms with Gasteiger partial charge in [-0.15, -0.1) is 0 Å². The first-order valence-electron chi connectivity index (χ1n) is 13.3. The summed E-state index contributed by atoms with van der Waals surface area (Å²) < 4.78 is 5.02. The first-order valence-corrected chi connectivity index (χ1v) is 13.3. The SMILES string of the molecule is CCCCCCCCCCCCCCCCCCOC(=O)OOOC(C)(C)c1ccccc1. The van der Waals surface area contributed by atoms with Crippen LogP contribution in [-0.2, 0) is 25.2 Å². The van der Waals surface area contributed by atoms with E-state index in [4.69, 9.17) is 9.62 Å². The number of carbonyl (C=O) groups excluding carboxylic acids is 1. The van der Waals surface area contributed by atoms with Gasteiger partial charge in [-0.1, -0.05) is 134 Å². The van der Waals surface area contributed by atoms with Gasteiger partial charge in [-0.3, -0.25) is 0 Å². The zero-order chi connectivity index (χ0) is 24.0. The van der Waals surface area contributed by atoms with Crippen LogP contribution in [0.4, 0.5) is 4.79 Å². The summed E-state index contributed by atoms with van der Waals surface area (Å²) in [6, 6.07) is 9.58. The summed E-state index contributed by atoms with van der Waals surface area (Å²) in [4.78, 5) is 21.3. The Morgan fingerprint density at radius 2 is 1.15 bits per heavy atom. The maximum atomic E-state index is 11.6. The average molecular weight is 465 g/mol. The summed E-state index contributed by atoms with van der Waals surface area (Å²) in [5.74, 6) is 0. The molecule has 0 aliphatic carbocycles. The predicted octanol–water partition coefficient (Wildman–Crippen LogP) is 9.20. The van der Waals surface area contributed by atoms with Crippen LogP contribution in [0.1, 0.15) is 129 Å². The molecule has 0 saturated carbocycles. The van der Waals surface area contributed by atoms with Crippen molar-refractivity contribution in [3.05, 3.63) is 35.9 Å². The Morgan fingerprint density at radius 3 is 1.64 bits per heavy atom. The van der Waals surface area contributed by atoms with Gasteiger partial charge in [-0.05, 0) is 30.9 Å². The summed E-state index contributed by atoms with van der Waals surface area (Å²) in [7, 11) is 0. The Morgan fingerprint density at radius 1 is 0.697 bits per heavy atom. The lowest BCUT2D eigenvalue weighted by molar-refractivity contribution is -0.520. The van der Waals surface area contributed by atoms with Crippen LogP contribution in [-0.4, -0.2) is 12.8 Å². The van der Waals surface area contributed by atoms with Crippen molar-refractivity contribution in [2.24, 2.45) is 0 Å². The molecule has 0 amide bonds. The highest BCUT2D eigenvalue weighted by Crippen LogP contribution is 2.24. The number of rotatable bonds is 21. The van der Waals surface area contributed by atoms with Crippen molar-refractivity contribution in [3.63, 3.8) is 0 Å². The van der Waals surface area contributed by atoms with Gasteiger partial charge in [-0.2, -0.15) is 4.89 Å². The molecule has 5 heteroatoms. The van der Waals surface area contributed by atoms with Crippen molar-refractivity contribution in [3.8, 4) is 0 Å². The summed E-state index contributed by atoms with van der Waals surface area (Å²) in [6.45, 7) is 6.26. The van der Waals surface area contributed by atoms with Crippen LogP contribution < -0.4 is 0 Å². The summed E-state index contributed by atoms with van der Waals surface area (Å²) in [6.07, 6.45) is 20.1. The second-order valence-corrected chi connectivity index (χ2v) is 9.51. The molecule has 33 heavy (non-hydrogen) atoms. The van der Waals surface area contributed by atoms with Crippen LogP contribution in [0.15, 0.2) is 30.3 Å². The topological polar surface area (TPSA) is 54.0 Å². The molecule has 0 saturated heterocycles. The summed E-state index contributed by atoms with van der Waals surface area (Å²) in [5, 5.41) is 4.62. The highest BCUT2D eigenvalue weighted by Gasteiger charge is 2.24. The Hall–Kier alpha value is -1.59. The molecule has 0 atom stereocenters. The van der Waals surface area contributed by atoms with Crippen molar-refractivity contribution >= 4 is 6.16 Å². The van der Waals surface area contributed by atoms with Gasteiger partial charge in [0.2, 0.25) is 0 Å². The predicted molar refractivity (Wildman–Crippen MR) is 134 cm³/mol. The quantitative estimate of drug-likeness (QED) is 0.0785. The summed E-state index contributed by atoms with van der Waals surface area (Å²) >= 11 is 0. The number of hydrogen-bond donors (Lipinski definition) is 0. The van der Waals surface area contributed by atoms with E-state index in [1.807, 2.05) is 44.2 Å². The van der Waals surface area contributed by atoms with Gasteiger partial charge in [0.25, 0.3) is 0 Å². The molecular weight excluding hydrogens is 416 g/mol. The minimum absolute atomic E-state index is 0.336. The maximum Gasteiger partial charge on any atom is 0.542 e. The van der Waals surface area contributed by atoms with Crippen LogP contribution in [0.3, 0.4) is 0 Å². The Kier molecular flexibility index (Phi) is 17.7. The monoisotopic (exact) mass is 464 g/mol. The first-order chi connectivity index (χ1) is 16.1. The van der Waals surface area contributed by atoms with Gasteiger partial charge in [0.15, 0.2) is 0 Å². The van der Waals surface area contributed by atoms with Gasteiger partial charge >= 0.3 is 6.16 Å². The third-order valence-corrected chi connectivity index (χ3v) is 6.03. The minimum Gasteiger partial charge on any atom is -0.432 e. The standard InChI is InChI=1S/C28H48O5/c1-4-5-6-7-8-9-10-11-12-13-14-15-16-17-18-22-25-30-27(29)31-33-32-28(2,3)26-23-20-19-21-24-26/h19-21,23-24H,4-18,22,25H2,1-3H3. The fourth-order valence-electron chi connectivity index (χ4n) is 3.85. The Bertz CT molecular complexity index is 573. The molecule has 0 aliphatic heterocycles. The van der Waals surface area contributed by atoms with Crippen LogP contribution in [0, 0.1) is 0 Å². The average Bonchev–Trinajstić information content (AvgIpc) is 2.81. The molecule has 5 nitrogen and oxygen atoms in total. The van der Waals surface area contributed by atoms with Gasteiger partial charge in [0, 0.05) is 0 Å².